The highest BCUT2D eigenvalue weighted by Crippen LogP contribution is 1.88. The van der Waals surface area contributed by atoms with Gasteiger partial charge in [-0.05, 0) is 19.9 Å². The third-order valence-electron chi connectivity index (χ3n) is 0.788. The van der Waals surface area contributed by atoms with E-state index >= 15 is 0 Å². The molecule has 1 heteroatoms. The summed E-state index contributed by atoms with van der Waals surface area (Å²) < 4.78 is 5.12. The Morgan fingerprint density at radius 3 is 2.40 bits per heavy atom. The molecule has 1 nitrogen and oxygen atoms in total. The highest BCUT2D eigenvalue weighted by molar-refractivity contribution is 5.07. The molecule has 0 aromatic rings. The molecule has 0 aliphatic heterocycles. The van der Waals surface area contributed by atoms with E-state index in [1.807, 2.05) is 32.1 Å². The molecule has 10 heavy (non-hydrogen) atoms. The van der Waals surface area contributed by atoms with Crippen molar-refractivity contribution in [3.63, 3.8) is 0 Å². The second-order valence-electron chi connectivity index (χ2n) is 2.13. The molecular formula is C9H14O. The van der Waals surface area contributed by atoms with Crippen LogP contribution in [0.25, 0.3) is 0 Å². The zero-order valence-electron chi connectivity index (χ0n) is 6.58. The average Bonchev–Trinajstić information content (AvgIpc) is 1.87. The summed E-state index contributed by atoms with van der Waals surface area (Å²) in [6.45, 7) is 7.51. The van der Waals surface area contributed by atoms with Crippen molar-refractivity contribution in [2.24, 2.45) is 0 Å². The number of ether oxygens (including phenoxy) is 1. The van der Waals surface area contributed by atoms with Gasteiger partial charge in [-0.25, -0.2) is 0 Å². The molecule has 0 unspecified atom stereocenters. The van der Waals surface area contributed by atoms with Crippen LogP contribution < -0.4 is 0 Å². The van der Waals surface area contributed by atoms with Gasteiger partial charge in [0, 0.05) is 0 Å². The zero-order valence-corrected chi connectivity index (χ0v) is 6.58. The first-order valence-electron chi connectivity index (χ1n) is 3.37. The number of hydrogen-bond donors (Lipinski definition) is 0. The van der Waals surface area contributed by atoms with Gasteiger partial charge < -0.3 is 4.74 Å². The maximum atomic E-state index is 5.12. The molecule has 0 heterocycles. The molecule has 0 rings (SSSR count). The summed E-state index contributed by atoms with van der Waals surface area (Å²) in [7, 11) is 0. The SMILES string of the molecule is C=C/C=C\C=C\OC(C)C. The summed E-state index contributed by atoms with van der Waals surface area (Å²) in [4.78, 5) is 0. The van der Waals surface area contributed by atoms with Crippen molar-refractivity contribution in [1.82, 2.24) is 0 Å². The average molecular weight is 138 g/mol. The Bertz CT molecular complexity index is 132. The molecule has 0 aromatic carbocycles. The molecule has 0 aromatic heterocycles. The molecule has 0 bridgehead atoms. The standard InChI is InChI=1S/C9H14O/c1-4-5-6-7-8-10-9(2)3/h4-9H,1H2,2-3H3/b6-5-,8-7+. The van der Waals surface area contributed by atoms with Crippen LogP contribution in [0.5, 0.6) is 0 Å². The zero-order chi connectivity index (χ0) is 7.82. The van der Waals surface area contributed by atoms with Gasteiger partial charge in [-0.3, -0.25) is 0 Å². The van der Waals surface area contributed by atoms with Crippen molar-refractivity contribution in [2.75, 3.05) is 0 Å². The molecule has 0 radical (unpaired) electrons. The lowest BCUT2D eigenvalue weighted by Crippen LogP contribution is -1.93. The van der Waals surface area contributed by atoms with Gasteiger partial charge >= 0.3 is 0 Å². The minimum Gasteiger partial charge on any atom is -0.499 e. The Morgan fingerprint density at radius 1 is 1.20 bits per heavy atom. The Balaban J connectivity index is 3.37. The lowest BCUT2D eigenvalue weighted by atomic mass is 10.4. The van der Waals surface area contributed by atoms with Gasteiger partial charge in [-0.15, -0.1) is 0 Å². The van der Waals surface area contributed by atoms with Crippen LogP contribution in [0.15, 0.2) is 37.1 Å². The first kappa shape index (κ1) is 9.02. The van der Waals surface area contributed by atoms with Crippen molar-refractivity contribution < 1.29 is 4.74 Å². The summed E-state index contributed by atoms with van der Waals surface area (Å²) in [5, 5.41) is 0. The summed E-state index contributed by atoms with van der Waals surface area (Å²) in [5.74, 6) is 0. The topological polar surface area (TPSA) is 9.23 Å². The van der Waals surface area contributed by atoms with Crippen LogP contribution >= 0.6 is 0 Å². The Hall–Kier alpha value is -0.980. The van der Waals surface area contributed by atoms with E-state index in [2.05, 4.69) is 6.58 Å². The fourth-order valence-electron chi connectivity index (χ4n) is 0.391. The van der Waals surface area contributed by atoms with Crippen molar-refractivity contribution >= 4 is 0 Å². The monoisotopic (exact) mass is 138 g/mol. The largest absolute Gasteiger partial charge is 0.499 e. The molecule has 0 saturated heterocycles. The van der Waals surface area contributed by atoms with Crippen molar-refractivity contribution in [3.8, 4) is 0 Å². The van der Waals surface area contributed by atoms with Gasteiger partial charge in [0.1, 0.15) is 0 Å². The summed E-state index contributed by atoms with van der Waals surface area (Å²) in [6.07, 6.45) is 9.20. The van der Waals surface area contributed by atoms with Crippen LogP contribution in [0, 0.1) is 0 Å². The first-order valence-corrected chi connectivity index (χ1v) is 3.37. The van der Waals surface area contributed by atoms with Crippen LogP contribution in [0.2, 0.25) is 0 Å². The highest BCUT2D eigenvalue weighted by Gasteiger charge is 1.82. The Labute approximate surface area is 62.7 Å². The van der Waals surface area contributed by atoms with Crippen molar-refractivity contribution in [3.05, 3.63) is 37.1 Å². The number of rotatable bonds is 4. The molecule has 0 amide bonds. The van der Waals surface area contributed by atoms with Crippen LogP contribution in [0.1, 0.15) is 13.8 Å². The van der Waals surface area contributed by atoms with E-state index in [0.29, 0.717) is 0 Å². The number of allylic oxidation sites excluding steroid dienone is 4. The molecule has 0 aliphatic rings. The predicted octanol–water partition coefficient (Wildman–Crippen LogP) is 2.67. The molecular weight excluding hydrogens is 124 g/mol. The molecule has 0 spiro atoms. The second kappa shape index (κ2) is 6.14. The van der Waals surface area contributed by atoms with E-state index in [1.165, 1.54) is 0 Å². The Kier molecular flexibility index (Phi) is 5.54. The molecule has 0 N–H and O–H groups in total. The van der Waals surface area contributed by atoms with Crippen molar-refractivity contribution in [2.45, 2.75) is 20.0 Å². The molecule has 0 atom stereocenters. The van der Waals surface area contributed by atoms with Crippen LogP contribution in [0.4, 0.5) is 0 Å². The minimum absolute atomic E-state index is 0.258. The minimum atomic E-state index is 0.258. The van der Waals surface area contributed by atoms with Gasteiger partial charge in [0.15, 0.2) is 0 Å². The normalized spacial score (nSPS) is 11.5. The molecule has 0 aliphatic carbocycles. The van der Waals surface area contributed by atoms with E-state index in [4.69, 9.17) is 4.74 Å². The van der Waals surface area contributed by atoms with E-state index in [0.717, 1.165) is 0 Å². The van der Waals surface area contributed by atoms with Gasteiger partial charge in [-0.1, -0.05) is 24.8 Å². The lowest BCUT2D eigenvalue weighted by molar-refractivity contribution is 0.179. The third-order valence-corrected chi connectivity index (χ3v) is 0.788. The second-order valence-corrected chi connectivity index (χ2v) is 2.13. The quantitative estimate of drug-likeness (QED) is 0.428. The van der Waals surface area contributed by atoms with Gasteiger partial charge in [-0.2, -0.15) is 0 Å². The van der Waals surface area contributed by atoms with Gasteiger partial charge in [0.2, 0.25) is 0 Å². The van der Waals surface area contributed by atoms with Gasteiger partial charge in [0.25, 0.3) is 0 Å². The predicted molar refractivity (Wildman–Crippen MR) is 44.7 cm³/mol. The maximum absolute atomic E-state index is 5.12. The lowest BCUT2D eigenvalue weighted by Gasteiger charge is -2.00. The fourth-order valence-corrected chi connectivity index (χ4v) is 0.391. The van der Waals surface area contributed by atoms with E-state index in [1.54, 1.807) is 12.3 Å². The third kappa shape index (κ3) is 7.02. The molecule has 0 saturated carbocycles. The summed E-state index contributed by atoms with van der Waals surface area (Å²) in [5.41, 5.74) is 0. The van der Waals surface area contributed by atoms with E-state index < -0.39 is 0 Å². The number of hydrogen-bond acceptors (Lipinski definition) is 1. The maximum Gasteiger partial charge on any atom is 0.0922 e. The smallest absolute Gasteiger partial charge is 0.0922 e. The van der Waals surface area contributed by atoms with Gasteiger partial charge in [0.05, 0.1) is 12.4 Å². The van der Waals surface area contributed by atoms with Crippen LogP contribution in [0.3, 0.4) is 0 Å². The molecule has 56 valence electrons. The Morgan fingerprint density at radius 2 is 1.90 bits per heavy atom. The highest BCUT2D eigenvalue weighted by atomic mass is 16.5. The van der Waals surface area contributed by atoms with Crippen LogP contribution in [-0.2, 0) is 4.74 Å². The van der Waals surface area contributed by atoms with Crippen molar-refractivity contribution in [1.29, 1.82) is 0 Å². The summed E-state index contributed by atoms with van der Waals surface area (Å²) in [6, 6.07) is 0. The van der Waals surface area contributed by atoms with E-state index in [-0.39, 0.29) is 6.10 Å². The van der Waals surface area contributed by atoms with E-state index in [9.17, 15) is 0 Å². The fraction of sp³-hybridized carbons (Fsp3) is 0.333. The summed E-state index contributed by atoms with van der Waals surface area (Å²) >= 11 is 0. The molecule has 0 fully saturated rings. The first-order chi connectivity index (χ1) is 4.77. The van der Waals surface area contributed by atoms with Crippen LogP contribution in [-0.4, -0.2) is 6.10 Å².